The molecule has 5 rings (SSSR count). The van der Waals surface area contributed by atoms with Crippen LogP contribution in [0.25, 0.3) is 22.7 Å². The van der Waals surface area contributed by atoms with Crippen molar-refractivity contribution in [2.45, 2.75) is 64.3 Å². The van der Waals surface area contributed by atoms with E-state index in [2.05, 4.69) is 42.4 Å². The minimum Gasteiger partial charge on any atom is -0.396 e. The summed E-state index contributed by atoms with van der Waals surface area (Å²) >= 11 is 1.55. The molecule has 0 bridgehead atoms. The Morgan fingerprint density at radius 2 is 1.95 bits per heavy atom. The average Bonchev–Trinajstić information content (AvgIpc) is 3.38. The number of nitrogens with one attached hydrogen (secondary N) is 2. The van der Waals surface area contributed by atoms with Crippen LogP contribution in [0.5, 0.6) is 0 Å². The van der Waals surface area contributed by atoms with Crippen LogP contribution in [0.2, 0.25) is 0 Å². The van der Waals surface area contributed by atoms with Crippen LogP contribution in [-0.4, -0.2) is 55.1 Å². The summed E-state index contributed by atoms with van der Waals surface area (Å²) in [6.07, 6.45) is 8.78. The lowest BCUT2D eigenvalue weighted by atomic mass is 10.1. The molecular weight excluding hydrogens is 541 g/mol. The molecular formula is C31H36FN5O3S. The van der Waals surface area contributed by atoms with Gasteiger partial charge in [-0.2, -0.15) is 4.98 Å². The van der Waals surface area contributed by atoms with Gasteiger partial charge in [-0.3, -0.25) is 0 Å². The van der Waals surface area contributed by atoms with Crippen LogP contribution in [0.3, 0.4) is 0 Å². The lowest BCUT2D eigenvalue weighted by molar-refractivity contribution is 0.00446. The fraction of sp³-hybridized carbons (Fsp3) is 0.387. The van der Waals surface area contributed by atoms with Crippen LogP contribution >= 0.6 is 11.3 Å². The van der Waals surface area contributed by atoms with Gasteiger partial charge in [-0.05, 0) is 68.0 Å². The van der Waals surface area contributed by atoms with Gasteiger partial charge >= 0.3 is 0 Å². The molecule has 8 nitrogen and oxygen atoms in total. The topological polar surface area (TPSA) is 123 Å². The van der Waals surface area contributed by atoms with Crippen molar-refractivity contribution in [1.29, 1.82) is 0 Å². The maximum absolute atomic E-state index is 14.2. The number of fused-ring (bicyclic) bond motifs is 1. The lowest BCUT2D eigenvalue weighted by Crippen LogP contribution is -2.35. The zero-order chi connectivity index (χ0) is 29.1. The number of anilines is 2. The number of halogens is 1. The Morgan fingerprint density at radius 1 is 1.15 bits per heavy atom. The fourth-order valence-electron chi connectivity index (χ4n) is 5.41. The predicted octanol–water partition coefficient (Wildman–Crippen LogP) is 5.11. The highest BCUT2D eigenvalue weighted by molar-refractivity contribution is 7.16. The smallest absolute Gasteiger partial charge is 0.225 e. The summed E-state index contributed by atoms with van der Waals surface area (Å²) in [5, 5.41) is 38.1. The van der Waals surface area contributed by atoms with Gasteiger partial charge in [0.2, 0.25) is 5.95 Å². The normalized spacial score (nSPS) is 21.8. The number of benzene rings is 1. The summed E-state index contributed by atoms with van der Waals surface area (Å²) in [7, 11) is 0. The van der Waals surface area contributed by atoms with Gasteiger partial charge in [0.15, 0.2) is 0 Å². The van der Waals surface area contributed by atoms with Crippen molar-refractivity contribution in [3.8, 4) is 10.6 Å². The number of aliphatic hydroxyl groups excluding tert-OH is 3. The molecule has 41 heavy (non-hydrogen) atoms. The summed E-state index contributed by atoms with van der Waals surface area (Å²) in [5.41, 5.74) is 5.17. The van der Waals surface area contributed by atoms with E-state index in [0.29, 0.717) is 42.4 Å². The van der Waals surface area contributed by atoms with Gasteiger partial charge in [0.1, 0.15) is 22.7 Å². The van der Waals surface area contributed by atoms with Crippen LogP contribution in [0.1, 0.15) is 53.6 Å². The summed E-state index contributed by atoms with van der Waals surface area (Å²) in [5.74, 6) is 0.0409. The first-order valence-corrected chi connectivity index (χ1v) is 14.7. The first-order valence-electron chi connectivity index (χ1n) is 13.9. The molecule has 2 aliphatic rings. The Labute approximate surface area is 243 Å². The quantitative estimate of drug-likeness (QED) is 0.211. The standard InChI is InChI=1S/C31H36FN5O3S/c1-4-7-19-10-20(12-22(32)11-19)15-33-31-34-17(3)26(29(37-31)35-24-14-21(16-38)27(39)28(24)40)30-36-23-13-18(5-2)8-6-9-25(23)41-30/h4,6,9-13,21,24,27-28,38-40H,1,5,7-8,14-16H2,2-3H3,(H2,33,34,35,37). The van der Waals surface area contributed by atoms with Crippen LogP contribution in [0.4, 0.5) is 16.2 Å². The molecule has 0 saturated heterocycles. The van der Waals surface area contributed by atoms with E-state index in [0.717, 1.165) is 39.5 Å². The minimum absolute atomic E-state index is 0.224. The molecule has 5 N–H and O–H groups in total. The van der Waals surface area contributed by atoms with Crippen LogP contribution in [0.15, 0.2) is 42.5 Å². The predicted molar refractivity (Wildman–Crippen MR) is 162 cm³/mol. The maximum Gasteiger partial charge on any atom is 0.225 e. The van der Waals surface area contributed by atoms with Gasteiger partial charge < -0.3 is 26.0 Å². The van der Waals surface area contributed by atoms with Crippen molar-refractivity contribution < 1.29 is 19.7 Å². The van der Waals surface area contributed by atoms with Gasteiger partial charge in [0, 0.05) is 19.1 Å². The molecule has 4 unspecified atom stereocenters. The highest BCUT2D eigenvalue weighted by Crippen LogP contribution is 2.39. The Balaban J connectivity index is 1.50. The number of aryl methyl sites for hydroxylation is 1. The second kappa shape index (κ2) is 12.6. The summed E-state index contributed by atoms with van der Waals surface area (Å²) in [4.78, 5) is 15.5. The number of allylic oxidation sites excluding steroid dienone is 3. The van der Waals surface area contributed by atoms with Crippen molar-refractivity contribution in [3.05, 3.63) is 75.7 Å². The molecule has 2 aromatic heterocycles. The van der Waals surface area contributed by atoms with E-state index in [1.807, 2.05) is 13.0 Å². The first kappa shape index (κ1) is 29.1. The van der Waals surface area contributed by atoms with E-state index in [1.54, 1.807) is 17.4 Å². The van der Waals surface area contributed by atoms with Gasteiger partial charge in [-0.1, -0.05) is 30.7 Å². The van der Waals surface area contributed by atoms with Gasteiger partial charge in [-0.15, -0.1) is 17.9 Å². The number of aromatic nitrogens is 3. The monoisotopic (exact) mass is 577 g/mol. The van der Waals surface area contributed by atoms with E-state index < -0.39 is 24.2 Å². The van der Waals surface area contributed by atoms with E-state index in [4.69, 9.17) is 15.0 Å². The van der Waals surface area contributed by atoms with Crippen LogP contribution in [0, 0.1) is 18.7 Å². The summed E-state index contributed by atoms with van der Waals surface area (Å²) in [6, 6.07) is 4.35. The first-order chi connectivity index (χ1) is 19.8. The zero-order valence-electron chi connectivity index (χ0n) is 23.3. The van der Waals surface area contributed by atoms with E-state index in [-0.39, 0.29) is 12.4 Å². The van der Waals surface area contributed by atoms with Crippen molar-refractivity contribution in [1.82, 2.24) is 15.0 Å². The molecule has 216 valence electrons. The zero-order valence-corrected chi connectivity index (χ0v) is 24.1. The van der Waals surface area contributed by atoms with Crippen LogP contribution in [-0.2, 0) is 13.0 Å². The maximum atomic E-state index is 14.2. The number of thiazole rings is 1. The second-order valence-electron chi connectivity index (χ2n) is 10.6. The number of aliphatic hydroxyl groups is 3. The minimum atomic E-state index is -1.08. The van der Waals surface area contributed by atoms with Gasteiger partial charge in [0.05, 0.1) is 34.0 Å². The molecule has 10 heteroatoms. The Hall–Kier alpha value is -3.44. The molecule has 4 atom stereocenters. The molecule has 1 saturated carbocycles. The number of hydrogen-bond donors (Lipinski definition) is 5. The van der Waals surface area contributed by atoms with E-state index >= 15 is 0 Å². The summed E-state index contributed by atoms with van der Waals surface area (Å²) in [6.45, 7) is 7.83. The van der Waals surface area contributed by atoms with Crippen LogP contribution < -0.4 is 10.6 Å². The number of nitrogens with zero attached hydrogens (tertiary/aromatic N) is 3. The molecule has 0 radical (unpaired) electrons. The van der Waals surface area contributed by atoms with Crippen molar-refractivity contribution in [2.75, 3.05) is 17.2 Å². The molecule has 2 aliphatic carbocycles. The largest absolute Gasteiger partial charge is 0.396 e. The third-order valence-corrected chi connectivity index (χ3v) is 8.69. The molecule has 3 aromatic rings. The Kier molecular flexibility index (Phi) is 8.94. The van der Waals surface area contributed by atoms with Crippen molar-refractivity contribution in [2.24, 2.45) is 5.92 Å². The summed E-state index contributed by atoms with van der Waals surface area (Å²) < 4.78 is 14.2. The highest BCUT2D eigenvalue weighted by atomic mass is 32.1. The molecule has 0 aliphatic heterocycles. The van der Waals surface area contributed by atoms with Gasteiger partial charge in [-0.25, -0.2) is 14.4 Å². The van der Waals surface area contributed by atoms with Crippen molar-refractivity contribution in [3.63, 3.8) is 0 Å². The average molecular weight is 578 g/mol. The number of hydrogen-bond acceptors (Lipinski definition) is 9. The molecule has 0 amide bonds. The van der Waals surface area contributed by atoms with Gasteiger partial charge in [0.25, 0.3) is 0 Å². The highest BCUT2D eigenvalue weighted by Gasteiger charge is 2.41. The Bertz CT molecular complexity index is 1490. The molecule has 1 aromatic carbocycles. The number of rotatable bonds is 10. The molecule has 2 heterocycles. The molecule has 0 spiro atoms. The SMILES string of the molecule is C=CCc1cc(F)cc(CNc2nc(C)c(-c3nc4c(s3)C=CCC(CC)=C4)c(NC3CC(CO)C(O)C3O)n2)c1. The third kappa shape index (κ3) is 6.41. The lowest BCUT2D eigenvalue weighted by Gasteiger charge is -2.21. The van der Waals surface area contributed by atoms with E-state index in [9.17, 15) is 19.7 Å². The fourth-order valence-corrected chi connectivity index (χ4v) is 6.48. The third-order valence-electron chi connectivity index (χ3n) is 7.64. The Morgan fingerprint density at radius 3 is 2.68 bits per heavy atom. The second-order valence-corrected chi connectivity index (χ2v) is 11.6. The van der Waals surface area contributed by atoms with Crippen molar-refractivity contribution >= 4 is 35.3 Å². The molecule has 1 fully saturated rings. The van der Waals surface area contributed by atoms with E-state index in [1.165, 1.54) is 17.7 Å².